The van der Waals surface area contributed by atoms with E-state index in [0.29, 0.717) is 11.3 Å². The summed E-state index contributed by atoms with van der Waals surface area (Å²) in [6, 6.07) is 10.4. The maximum Gasteiger partial charge on any atom is 0.241 e. The van der Waals surface area contributed by atoms with Gasteiger partial charge in [-0.15, -0.1) is 0 Å². The first-order chi connectivity index (χ1) is 11.6. The maximum absolute atomic E-state index is 12.9. The summed E-state index contributed by atoms with van der Waals surface area (Å²) in [5.41, 5.74) is 1.60. The Morgan fingerprint density at radius 1 is 1.04 bits per heavy atom. The van der Waals surface area contributed by atoms with Crippen LogP contribution in [0, 0.1) is 23.2 Å². The van der Waals surface area contributed by atoms with E-state index in [2.05, 4.69) is 34.5 Å². The van der Waals surface area contributed by atoms with Crippen molar-refractivity contribution in [3.8, 4) is 0 Å². The minimum atomic E-state index is -0.0459. The first-order valence-corrected chi connectivity index (χ1v) is 9.70. The molecule has 1 aliphatic heterocycles. The number of likely N-dealkylation sites (N-methyl/N-ethyl adjacent to an activating group) is 1. The highest BCUT2D eigenvalue weighted by molar-refractivity contribution is 5.84. The van der Waals surface area contributed by atoms with Crippen LogP contribution in [-0.2, 0) is 11.2 Å². The molecule has 0 aromatic heterocycles. The molecule has 0 spiro atoms. The van der Waals surface area contributed by atoms with Crippen molar-refractivity contribution in [1.29, 1.82) is 0 Å². The van der Waals surface area contributed by atoms with E-state index in [1.807, 2.05) is 13.1 Å². The molecule has 5 aliphatic rings. The molecule has 1 amide bonds. The molecule has 128 valence electrons. The molecule has 4 saturated carbocycles. The fourth-order valence-electron chi connectivity index (χ4n) is 6.84. The predicted molar refractivity (Wildman–Crippen MR) is 94.2 cm³/mol. The maximum atomic E-state index is 12.9. The number of carbonyl (C=O) groups is 1. The summed E-state index contributed by atoms with van der Waals surface area (Å²) in [4.78, 5) is 14.9. The fraction of sp³-hybridized carbons (Fsp3) is 0.667. The Hall–Kier alpha value is -1.35. The summed E-state index contributed by atoms with van der Waals surface area (Å²) >= 11 is 0. The van der Waals surface area contributed by atoms with Crippen LogP contribution in [0.15, 0.2) is 30.3 Å². The minimum absolute atomic E-state index is 0.0459. The van der Waals surface area contributed by atoms with Gasteiger partial charge in [-0.3, -0.25) is 10.1 Å². The third-order valence-electron chi connectivity index (χ3n) is 7.34. The SMILES string of the molecule is CN1C(=O)[C@@H](Cc2ccccc2)N[C@H]1C12CC3CC(CC(C3)C1)C2. The molecule has 0 unspecified atom stereocenters. The molecule has 4 aliphatic carbocycles. The van der Waals surface area contributed by atoms with Crippen LogP contribution in [0.25, 0.3) is 0 Å². The molecule has 1 saturated heterocycles. The third kappa shape index (κ3) is 2.24. The van der Waals surface area contributed by atoms with Crippen LogP contribution in [0.3, 0.4) is 0 Å². The molecule has 24 heavy (non-hydrogen) atoms. The fourth-order valence-corrected chi connectivity index (χ4v) is 6.84. The highest BCUT2D eigenvalue weighted by atomic mass is 16.2. The average molecular weight is 324 g/mol. The van der Waals surface area contributed by atoms with Gasteiger partial charge in [-0.2, -0.15) is 0 Å². The van der Waals surface area contributed by atoms with Gasteiger partial charge in [-0.25, -0.2) is 0 Å². The van der Waals surface area contributed by atoms with Crippen molar-refractivity contribution in [2.24, 2.45) is 23.2 Å². The van der Waals surface area contributed by atoms with Crippen molar-refractivity contribution < 1.29 is 4.79 Å². The van der Waals surface area contributed by atoms with Crippen LogP contribution >= 0.6 is 0 Å². The average Bonchev–Trinajstić information content (AvgIpc) is 2.84. The second-order valence-corrected chi connectivity index (χ2v) is 9.04. The Balaban J connectivity index is 1.38. The van der Waals surface area contributed by atoms with Crippen LogP contribution in [0.2, 0.25) is 0 Å². The zero-order valence-electron chi connectivity index (χ0n) is 14.6. The quantitative estimate of drug-likeness (QED) is 0.926. The van der Waals surface area contributed by atoms with E-state index >= 15 is 0 Å². The van der Waals surface area contributed by atoms with Crippen molar-refractivity contribution in [1.82, 2.24) is 10.2 Å². The van der Waals surface area contributed by atoms with Crippen molar-refractivity contribution in [3.63, 3.8) is 0 Å². The van der Waals surface area contributed by atoms with Gasteiger partial charge in [0.2, 0.25) is 5.91 Å². The lowest BCUT2D eigenvalue weighted by molar-refractivity contribution is -0.135. The molecule has 1 heterocycles. The number of amides is 1. The first-order valence-electron chi connectivity index (χ1n) is 9.70. The van der Waals surface area contributed by atoms with Gasteiger partial charge >= 0.3 is 0 Å². The molecule has 1 aromatic carbocycles. The van der Waals surface area contributed by atoms with Crippen LogP contribution in [0.5, 0.6) is 0 Å². The summed E-state index contributed by atoms with van der Waals surface area (Å²) in [6.45, 7) is 0. The van der Waals surface area contributed by atoms with E-state index in [4.69, 9.17) is 0 Å². The molecule has 6 rings (SSSR count). The lowest BCUT2D eigenvalue weighted by atomic mass is 9.48. The van der Waals surface area contributed by atoms with E-state index in [1.165, 1.54) is 44.1 Å². The predicted octanol–water partition coefficient (Wildman–Crippen LogP) is 3.20. The summed E-state index contributed by atoms with van der Waals surface area (Å²) in [7, 11) is 2.03. The van der Waals surface area contributed by atoms with Crippen LogP contribution < -0.4 is 5.32 Å². The smallest absolute Gasteiger partial charge is 0.241 e. The molecule has 1 aromatic rings. The largest absolute Gasteiger partial charge is 0.328 e. The van der Waals surface area contributed by atoms with Gasteiger partial charge in [0.05, 0.1) is 12.2 Å². The van der Waals surface area contributed by atoms with E-state index < -0.39 is 0 Å². The van der Waals surface area contributed by atoms with Crippen molar-refractivity contribution >= 4 is 5.91 Å². The van der Waals surface area contributed by atoms with Crippen molar-refractivity contribution in [2.75, 3.05) is 7.05 Å². The highest BCUT2D eigenvalue weighted by Crippen LogP contribution is 2.62. The van der Waals surface area contributed by atoms with E-state index in [1.54, 1.807) is 0 Å². The van der Waals surface area contributed by atoms with Gasteiger partial charge in [0, 0.05) is 12.5 Å². The zero-order chi connectivity index (χ0) is 16.3. The highest BCUT2D eigenvalue weighted by Gasteiger charge is 2.58. The number of hydrogen-bond donors (Lipinski definition) is 1. The molecule has 5 fully saturated rings. The molecule has 2 atom stereocenters. The lowest BCUT2D eigenvalue weighted by Crippen LogP contribution is -2.58. The normalized spacial score (nSPS) is 43.6. The number of nitrogens with one attached hydrogen (secondary N) is 1. The van der Waals surface area contributed by atoms with Gasteiger partial charge in [0.25, 0.3) is 0 Å². The molecule has 3 nitrogen and oxygen atoms in total. The standard InChI is InChI=1S/C21H28N2O/c1-23-19(24)18(10-14-5-3-2-4-6-14)22-20(23)21-11-15-7-16(12-21)9-17(8-15)13-21/h2-6,15-18,20,22H,7-13H2,1H3/t15?,16?,17?,18-,20-,21?/m1/s1. The molecule has 1 N–H and O–H groups in total. The second-order valence-electron chi connectivity index (χ2n) is 9.04. The number of hydrogen-bond acceptors (Lipinski definition) is 2. The topological polar surface area (TPSA) is 32.3 Å². The summed E-state index contributed by atoms with van der Waals surface area (Å²) < 4.78 is 0. The lowest BCUT2D eigenvalue weighted by Gasteiger charge is -2.59. The van der Waals surface area contributed by atoms with Crippen LogP contribution in [0.1, 0.15) is 44.1 Å². The third-order valence-corrected chi connectivity index (χ3v) is 7.34. The monoisotopic (exact) mass is 324 g/mol. The first kappa shape index (κ1) is 14.9. The number of rotatable bonds is 3. The Morgan fingerprint density at radius 3 is 2.21 bits per heavy atom. The molecular weight excluding hydrogens is 296 g/mol. The van der Waals surface area contributed by atoms with E-state index in [9.17, 15) is 4.79 Å². The van der Waals surface area contributed by atoms with Crippen LogP contribution in [0.4, 0.5) is 0 Å². The summed E-state index contributed by atoms with van der Waals surface area (Å²) in [5.74, 6) is 3.07. The molecule has 0 radical (unpaired) electrons. The second kappa shape index (κ2) is 5.32. The number of carbonyl (C=O) groups excluding carboxylic acids is 1. The molecule has 4 bridgehead atoms. The number of nitrogens with zero attached hydrogens (tertiary/aromatic N) is 1. The van der Waals surface area contributed by atoms with Gasteiger partial charge in [-0.05, 0) is 68.3 Å². The molecular formula is C21H28N2O. The minimum Gasteiger partial charge on any atom is -0.328 e. The van der Waals surface area contributed by atoms with Crippen molar-refractivity contribution in [2.45, 2.75) is 57.2 Å². The van der Waals surface area contributed by atoms with Gasteiger partial charge in [0.15, 0.2) is 0 Å². The van der Waals surface area contributed by atoms with E-state index in [-0.39, 0.29) is 12.2 Å². The van der Waals surface area contributed by atoms with Crippen molar-refractivity contribution in [3.05, 3.63) is 35.9 Å². The molecule has 3 heteroatoms. The Kier molecular flexibility index (Phi) is 3.31. The van der Waals surface area contributed by atoms with Gasteiger partial charge in [0.1, 0.15) is 0 Å². The van der Waals surface area contributed by atoms with Gasteiger partial charge < -0.3 is 4.90 Å². The zero-order valence-corrected chi connectivity index (χ0v) is 14.6. The Bertz CT molecular complexity index is 605. The summed E-state index contributed by atoms with van der Waals surface area (Å²) in [6.07, 6.45) is 9.45. The van der Waals surface area contributed by atoms with Gasteiger partial charge in [-0.1, -0.05) is 30.3 Å². The Morgan fingerprint density at radius 2 is 1.62 bits per heavy atom. The van der Waals surface area contributed by atoms with Crippen LogP contribution in [-0.4, -0.2) is 30.1 Å². The Labute approximate surface area is 144 Å². The number of benzene rings is 1. The van der Waals surface area contributed by atoms with E-state index in [0.717, 1.165) is 24.2 Å². The summed E-state index contributed by atoms with van der Waals surface area (Å²) in [5, 5.41) is 3.77.